The predicted octanol–water partition coefficient (Wildman–Crippen LogP) is -0.684. The van der Waals surface area contributed by atoms with E-state index in [0.29, 0.717) is 32.5 Å². The molecule has 2 aliphatic heterocycles. The molecule has 0 aromatic heterocycles. The second kappa shape index (κ2) is 5.14. The quantitative estimate of drug-likeness (QED) is 0.340. The van der Waals surface area contributed by atoms with E-state index in [1.165, 1.54) is 4.90 Å². The van der Waals surface area contributed by atoms with E-state index in [1.54, 1.807) is 0 Å². The van der Waals surface area contributed by atoms with Crippen molar-refractivity contribution in [2.45, 2.75) is 30.9 Å². The molecule has 2 aliphatic rings. The highest BCUT2D eigenvalue weighted by Gasteiger charge is 2.42. The number of likely N-dealkylation sites (tertiary alicyclic amines) is 1. The highest BCUT2D eigenvalue weighted by Crippen LogP contribution is 2.35. The molecule has 0 radical (unpaired) electrons. The fourth-order valence-electron chi connectivity index (χ4n) is 2.51. The predicted molar refractivity (Wildman–Crippen MR) is 61.2 cm³/mol. The van der Waals surface area contributed by atoms with Crippen LogP contribution in [0.25, 0.3) is 0 Å². The molecule has 1 unspecified atom stereocenters. The summed E-state index contributed by atoms with van der Waals surface area (Å²) in [6, 6.07) is 0.0205. The first-order valence-corrected chi connectivity index (χ1v) is 6.05. The highest BCUT2D eigenvalue weighted by molar-refractivity contribution is 6.30. The van der Waals surface area contributed by atoms with Crippen LogP contribution in [0.1, 0.15) is 19.3 Å². The number of carbonyl (C=O) groups is 3. The smallest absolute Gasteiger partial charge is 0.426 e. The number of nitrogens with zero attached hydrogens (tertiary/aromatic N) is 1. The van der Waals surface area contributed by atoms with E-state index in [9.17, 15) is 14.4 Å². The van der Waals surface area contributed by atoms with Crippen LogP contribution in [0, 0.1) is 0 Å². The minimum atomic E-state index is -1.79. The average molecular weight is 272 g/mol. The van der Waals surface area contributed by atoms with Crippen LogP contribution >= 0.6 is 0 Å². The molecule has 1 atom stereocenters. The number of amides is 1. The van der Waals surface area contributed by atoms with Gasteiger partial charge in [0.1, 0.15) is 0 Å². The number of carbonyl (C=O) groups excluding carboxylic acids is 2. The largest absolute Gasteiger partial charge is 0.473 e. The van der Waals surface area contributed by atoms with Gasteiger partial charge in [-0.3, -0.25) is 0 Å². The van der Waals surface area contributed by atoms with Crippen LogP contribution in [0.2, 0.25) is 0 Å². The number of carboxylic acid groups (broad SMARTS) is 1. The number of aliphatic carboxylic acids is 1. The maximum Gasteiger partial charge on any atom is 0.426 e. The molecule has 8 nitrogen and oxygen atoms in total. The number of rotatable bonds is 0. The Hall–Kier alpha value is -1.67. The molecule has 1 amide bonds. The van der Waals surface area contributed by atoms with Crippen molar-refractivity contribution in [1.29, 1.82) is 0 Å². The van der Waals surface area contributed by atoms with Gasteiger partial charge in [0.2, 0.25) is 0 Å². The van der Waals surface area contributed by atoms with Crippen LogP contribution in [-0.2, 0) is 19.1 Å². The topological polar surface area (TPSA) is 119 Å². The van der Waals surface area contributed by atoms with Crippen LogP contribution in [0.5, 0.6) is 0 Å². The molecule has 0 aliphatic carbocycles. The van der Waals surface area contributed by atoms with Crippen molar-refractivity contribution < 1.29 is 29.0 Å². The van der Waals surface area contributed by atoms with Crippen molar-refractivity contribution in [2.24, 2.45) is 5.73 Å². The number of piperidine rings is 1. The first-order valence-electron chi connectivity index (χ1n) is 6.05. The third-order valence-corrected chi connectivity index (χ3v) is 3.53. The summed E-state index contributed by atoms with van der Waals surface area (Å²) in [4.78, 5) is 33.9. The zero-order valence-corrected chi connectivity index (χ0v) is 10.3. The Morgan fingerprint density at radius 3 is 2.42 bits per heavy atom. The molecule has 1 spiro atoms. The maximum atomic E-state index is 11.5. The molecule has 106 valence electrons. The summed E-state index contributed by atoms with van der Waals surface area (Å²) in [5, 5.41) is 8.35. The summed E-state index contributed by atoms with van der Waals surface area (Å²) in [5.74, 6) is -3.35. The summed E-state index contributed by atoms with van der Waals surface area (Å²) in [5.41, 5.74) is 5.51. The molecule has 19 heavy (non-hydrogen) atoms. The van der Waals surface area contributed by atoms with Crippen molar-refractivity contribution in [1.82, 2.24) is 4.90 Å². The molecule has 2 saturated heterocycles. The molecule has 0 aromatic carbocycles. The Labute approximate surface area is 109 Å². The minimum absolute atomic E-state index is 0.0205. The number of ether oxygens (including phenoxy) is 2. The maximum absolute atomic E-state index is 11.5. The second-order valence-electron chi connectivity index (χ2n) is 4.91. The van der Waals surface area contributed by atoms with Crippen LogP contribution < -0.4 is 5.73 Å². The van der Waals surface area contributed by atoms with E-state index in [2.05, 4.69) is 4.74 Å². The van der Waals surface area contributed by atoms with Gasteiger partial charge in [-0.05, 0) is 19.3 Å². The van der Waals surface area contributed by atoms with Crippen LogP contribution in [-0.4, -0.2) is 59.4 Å². The minimum Gasteiger partial charge on any atom is -0.473 e. The molecule has 0 bridgehead atoms. The lowest BCUT2D eigenvalue weighted by atomic mass is 9.88. The zero-order chi connectivity index (χ0) is 14.0. The van der Waals surface area contributed by atoms with Gasteiger partial charge in [0.15, 0.2) is 0 Å². The molecule has 3 N–H and O–H groups in total. The van der Waals surface area contributed by atoms with E-state index in [1.807, 2.05) is 0 Å². The molecule has 8 heteroatoms. The van der Waals surface area contributed by atoms with Gasteiger partial charge in [-0.2, -0.15) is 0 Å². The van der Waals surface area contributed by atoms with E-state index in [-0.39, 0.29) is 11.6 Å². The van der Waals surface area contributed by atoms with Crippen molar-refractivity contribution in [3.63, 3.8) is 0 Å². The number of nitrogens with two attached hydrogens (primary N) is 1. The first kappa shape index (κ1) is 13.8. The van der Waals surface area contributed by atoms with Gasteiger partial charge in [-0.25, -0.2) is 14.4 Å². The molecule has 0 saturated carbocycles. The summed E-state index contributed by atoms with van der Waals surface area (Å²) >= 11 is 0. The van der Waals surface area contributed by atoms with Gasteiger partial charge in [-0.15, -0.1) is 0 Å². The molecular formula is C11H16N2O6. The molecule has 0 aromatic rings. The fourth-order valence-corrected chi connectivity index (χ4v) is 2.51. The van der Waals surface area contributed by atoms with Crippen molar-refractivity contribution in [3.05, 3.63) is 0 Å². The number of esters is 1. The molecular weight excluding hydrogens is 256 g/mol. The monoisotopic (exact) mass is 272 g/mol. The lowest BCUT2D eigenvalue weighted by Crippen LogP contribution is -2.47. The zero-order valence-electron chi connectivity index (χ0n) is 10.3. The van der Waals surface area contributed by atoms with Gasteiger partial charge in [-0.1, -0.05) is 0 Å². The van der Waals surface area contributed by atoms with Crippen LogP contribution in [0.15, 0.2) is 0 Å². The van der Waals surface area contributed by atoms with Crippen molar-refractivity contribution in [2.75, 3.05) is 19.7 Å². The van der Waals surface area contributed by atoms with Gasteiger partial charge >= 0.3 is 18.0 Å². The SMILES string of the molecule is NC1COC2(CCN(C(=O)OC(=O)C(=O)O)CC2)C1. The van der Waals surface area contributed by atoms with Gasteiger partial charge in [0, 0.05) is 19.1 Å². The average Bonchev–Trinajstić information content (AvgIpc) is 2.71. The fraction of sp³-hybridized carbons (Fsp3) is 0.727. The lowest BCUT2D eigenvalue weighted by Gasteiger charge is -2.37. The van der Waals surface area contributed by atoms with E-state index in [4.69, 9.17) is 15.6 Å². The third-order valence-electron chi connectivity index (χ3n) is 3.53. The van der Waals surface area contributed by atoms with Crippen molar-refractivity contribution in [3.8, 4) is 0 Å². The first-order chi connectivity index (χ1) is 8.92. The van der Waals surface area contributed by atoms with Gasteiger partial charge in [0.25, 0.3) is 0 Å². The van der Waals surface area contributed by atoms with E-state index < -0.39 is 18.0 Å². The van der Waals surface area contributed by atoms with E-state index >= 15 is 0 Å². The van der Waals surface area contributed by atoms with Crippen LogP contribution in [0.4, 0.5) is 4.79 Å². The highest BCUT2D eigenvalue weighted by atomic mass is 16.6. The lowest BCUT2D eigenvalue weighted by molar-refractivity contribution is -0.160. The Bertz CT molecular complexity index is 402. The summed E-state index contributed by atoms with van der Waals surface area (Å²) in [7, 11) is 0. The van der Waals surface area contributed by atoms with E-state index in [0.717, 1.165) is 6.42 Å². The van der Waals surface area contributed by atoms with Crippen molar-refractivity contribution >= 4 is 18.0 Å². The molecule has 2 fully saturated rings. The Kier molecular flexibility index (Phi) is 3.72. The Morgan fingerprint density at radius 2 is 1.95 bits per heavy atom. The summed E-state index contributed by atoms with van der Waals surface area (Å²) in [6.07, 6.45) is 1.04. The summed E-state index contributed by atoms with van der Waals surface area (Å²) < 4.78 is 9.88. The second-order valence-corrected chi connectivity index (χ2v) is 4.91. The molecule has 2 heterocycles. The standard InChI is InChI=1S/C11H16N2O6/c12-7-5-11(18-6-7)1-3-13(4-2-11)10(17)19-9(16)8(14)15/h7H,1-6,12H2,(H,14,15). The summed E-state index contributed by atoms with van der Waals surface area (Å²) in [6.45, 7) is 1.23. The number of hydrogen-bond donors (Lipinski definition) is 2. The number of hydrogen-bond acceptors (Lipinski definition) is 6. The third kappa shape index (κ3) is 3.02. The van der Waals surface area contributed by atoms with Gasteiger partial charge in [0.05, 0.1) is 12.2 Å². The number of carboxylic acids is 1. The Morgan fingerprint density at radius 1 is 1.32 bits per heavy atom. The normalized spacial score (nSPS) is 25.3. The molecule has 2 rings (SSSR count). The Balaban J connectivity index is 1.84. The van der Waals surface area contributed by atoms with Crippen LogP contribution in [0.3, 0.4) is 0 Å². The van der Waals surface area contributed by atoms with Gasteiger partial charge < -0.3 is 25.2 Å².